The molecule has 6 nitrogen and oxygen atoms in total. The smallest absolute Gasteiger partial charge is 0.356 e. The summed E-state index contributed by atoms with van der Waals surface area (Å²) < 4.78 is 12.4. The third-order valence-electron chi connectivity index (χ3n) is 3.59. The molecule has 21 heavy (non-hydrogen) atoms. The van der Waals surface area contributed by atoms with E-state index in [1.165, 1.54) is 10.7 Å². The first-order valence-electron chi connectivity index (χ1n) is 6.40. The maximum atomic E-state index is 11.1. The van der Waals surface area contributed by atoms with Gasteiger partial charge in [0.15, 0.2) is 5.69 Å². The fourth-order valence-corrected chi connectivity index (χ4v) is 2.35. The molecule has 0 radical (unpaired) electrons. The van der Waals surface area contributed by atoms with Gasteiger partial charge in [0.05, 0.1) is 19.9 Å². The Bertz CT molecular complexity index is 704. The standard InChI is InChI=1S/C15H18N2O4/c1-8-9(2)14(21-5)10(6-13(8)20-4)12-7-11(15(18)19)16-17(12)3/h6-7H,1-5H3,(H,18,19). The van der Waals surface area contributed by atoms with Gasteiger partial charge in [-0.2, -0.15) is 5.10 Å². The number of rotatable bonds is 4. The van der Waals surface area contributed by atoms with Crippen molar-refractivity contribution in [3.05, 3.63) is 29.0 Å². The van der Waals surface area contributed by atoms with E-state index in [9.17, 15) is 4.79 Å². The van der Waals surface area contributed by atoms with E-state index in [1.807, 2.05) is 19.9 Å². The number of carbonyl (C=O) groups is 1. The Morgan fingerprint density at radius 1 is 1.19 bits per heavy atom. The van der Waals surface area contributed by atoms with Gasteiger partial charge in [0, 0.05) is 12.6 Å². The molecule has 2 aromatic rings. The highest BCUT2D eigenvalue weighted by Gasteiger charge is 2.20. The average molecular weight is 290 g/mol. The number of nitrogens with zero attached hydrogens (tertiary/aromatic N) is 2. The highest BCUT2D eigenvalue weighted by atomic mass is 16.5. The van der Waals surface area contributed by atoms with Crippen LogP contribution in [0, 0.1) is 13.8 Å². The molecule has 0 saturated heterocycles. The third-order valence-corrected chi connectivity index (χ3v) is 3.59. The molecule has 1 heterocycles. The molecule has 1 aromatic heterocycles. The molecule has 0 bridgehead atoms. The fraction of sp³-hybridized carbons (Fsp3) is 0.333. The zero-order chi connectivity index (χ0) is 15.7. The van der Waals surface area contributed by atoms with Crippen LogP contribution in [0.25, 0.3) is 11.3 Å². The average Bonchev–Trinajstić information content (AvgIpc) is 2.83. The Labute approximate surface area is 122 Å². The van der Waals surface area contributed by atoms with Crippen LogP contribution in [0.2, 0.25) is 0 Å². The van der Waals surface area contributed by atoms with Crippen LogP contribution in [0.15, 0.2) is 12.1 Å². The number of carboxylic acid groups (broad SMARTS) is 1. The first-order valence-corrected chi connectivity index (χ1v) is 6.40. The number of carboxylic acids is 1. The van der Waals surface area contributed by atoms with Gasteiger partial charge in [-0.1, -0.05) is 0 Å². The van der Waals surface area contributed by atoms with Gasteiger partial charge in [-0.25, -0.2) is 4.79 Å². The Kier molecular flexibility index (Phi) is 3.88. The number of aromatic nitrogens is 2. The third kappa shape index (κ3) is 2.44. The predicted octanol–water partition coefficient (Wildman–Crippen LogP) is 2.42. The number of hydrogen-bond donors (Lipinski definition) is 1. The molecule has 0 aliphatic rings. The highest BCUT2D eigenvalue weighted by Crippen LogP contribution is 2.39. The van der Waals surface area contributed by atoms with Crippen LogP contribution in [0.1, 0.15) is 21.6 Å². The molecule has 0 aliphatic carbocycles. The van der Waals surface area contributed by atoms with Crippen molar-refractivity contribution in [1.82, 2.24) is 9.78 Å². The number of hydrogen-bond acceptors (Lipinski definition) is 4. The van der Waals surface area contributed by atoms with E-state index < -0.39 is 5.97 Å². The van der Waals surface area contributed by atoms with Crippen LogP contribution in [0.5, 0.6) is 11.5 Å². The van der Waals surface area contributed by atoms with Crippen molar-refractivity contribution in [3.63, 3.8) is 0 Å². The number of benzene rings is 1. The normalized spacial score (nSPS) is 10.5. The maximum absolute atomic E-state index is 11.1. The second kappa shape index (κ2) is 5.47. The molecule has 0 unspecified atom stereocenters. The molecule has 1 N–H and O–H groups in total. The van der Waals surface area contributed by atoms with Crippen molar-refractivity contribution in [2.75, 3.05) is 14.2 Å². The van der Waals surface area contributed by atoms with Gasteiger partial charge in [-0.05, 0) is 37.1 Å². The van der Waals surface area contributed by atoms with Gasteiger partial charge in [0.1, 0.15) is 11.5 Å². The number of aromatic carboxylic acids is 1. The Balaban J connectivity index is 2.73. The SMILES string of the molecule is COc1cc(-c2cc(C(=O)O)nn2C)c(OC)c(C)c1C. The second-order valence-electron chi connectivity index (χ2n) is 4.75. The quantitative estimate of drug-likeness (QED) is 0.936. The topological polar surface area (TPSA) is 73.6 Å². The van der Waals surface area contributed by atoms with Crippen molar-refractivity contribution in [1.29, 1.82) is 0 Å². The zero-order valence-electron chi connectivity index (χ0n) is 12.7. The summed E-state index contributed by atoms with van der Waals surface area (Å²) in [5.74, 6) is 0.348. The maximum Gasteiger partial charge on any atom is 0.356 e. The summed E-state index contributed by atoms with van der Waals surface area (Å²) in [5.41, 5.74) is 3.33. The lowest BCUT2D eigenvalue weighted by molar-refractivity contribution is 0.0689. The molecule has 0 spiro atoms. The molecule has 0 aliphatic heterocycles. The van der Waals surface area contributed by atoms with Crippen molar-refractivity contribution in [2.24, 2.45) is 7.05 Å². The molecule has 2 rings (SSSR count). The predicted molar refractivity (Wildman–Crippen MR) is 78.2 cm³/mol. The summed E-state index contributed by atoms with van der Waals surface area (Å²) in [6.07, 6.45) is 0. The summed E-state index contributed by atoms with van der Waals surface area (Å²) in [6.45, 7) is 3.89. The fourth-order valence-electron chi connectivity index (χ4n) is 2.35. The van der Waals surface area contributed by atoms with Crippen LogP contribution >= 0.6 is 0 Å². The van der Waals surface area contributed by atoms with Crippen LogP contribution in [-0.2, 0) is 7.05 Å². The van der Waals surface area contributed by atoms with Crippen molar-refractivity contribution < 1.29 is 19.4 Å². The Hall–Kier alpha value is -2.50. The van der Waals surface area contributed by atoms with Crippen LogP contribution < -0.4 is 9.47 Å². The van der Waals surface area contributed by atoms with Gasteiger partial charge in [0.25, 0.3) is 0 Å². The van der Waals surface area contributed by atoms with Gasteiger partial charge >= 0.3 is 5.97 Å². The van der Waals surface area contributed by atoms with Gasteiger partial charge in [0.2, 0.25) is 0 Å². The molecular weight excluding hydrogens is 272 g/mol. The highest BCUT2D eigenvalue weighted by molar-refractivity contribution is 5.87. The van der Waals surface area contributed by atoms with E-state index in [2.05, 4.69) is 5.10 Å². The van der Waals surface area contributed by atoms with E-state index >= 15 is 0 Å². The van der Waals surface area contributed by atoms with Gasteiger partial charge in [-0.3, -0.25) is 4.68 Å². The first-order chi connectivity index (χ1) is 9.90. The van der Waals surface area contributed by atoms with Crippen molar-refractivity contribution in [2.45, 2.75) is 13.8 Å². The zero-order valence-corrected chi connectivity index (χ0v) is 12.7. The first kappa shape index (κ1) is 14.9. The number of ether oxygens (including phenoxy) is 2. The van der Waals surface area contributed by atoms with Crippen molar-refractivity contribution in [3.8, 4) is 22.8 Å². The lowest BCUT2D eigenvalue weighted by Crippen LogP contribution is -2.01. The molecule has 0 saturated carbocycles. The van der Waals surface area contributed by atoms with E-state index in [4.69, 9.17) is 14.6 Å². The monoisotopic (exact) mass is 290 g/mol. The van der Waals surface area contributed by atoms with Crippen LogP contribution in [0.3, 0.4) is 0 Å². The van der Waals surface area contributed by atoms with Gasteiger partial charge in [-0.15, -0.1) is 0 Å². The Morgan fingerprint density at radius 2 is 1.86 bits per heavy atom. The number of aryl methyl sites for hydroxylation is 1. The summed E-state index contributed by atoms with van der Waals surface area (Å²) in [4.78, 5) is 11.1. The van der Waals surface area contributed by atoms with E-state index in [1.54, 1.807) is 21.3 Å². The lowest BCUT2D eigenvalue weighted by Gasteiger charge is -2.16. The lowest BCUT2D eigenvalue weighted by atomic mass is 10.0. The molecule has 0 amide bonds. The summed E-state index contributed by atoms with van der Waals surface area (Å²) in [7, 11) is 4.89. The Morgan fingerprint density at radius 3 is 2.33 bits per heavy atom. The molecule has 0 fully saturated rings. The van der Waals surface area contributed by atoms with Crippen molar-refractivity contribution >= 4 is 5.97 Å². The van der Waals surface area contributed by atoms with E-state index in [0.717, 1.165) is 22.4 Å². The molecule has 1 aromatic carbocycles. The minimum absolute atomic E-state index is 0.00764. The summed E-state index contributed by atoms with van der Waals surface area (Å²) in [5, 5.41) is 13.1. The van der Waals surface area contributed by atoms with Crippen LogP contribution in [-0.4, -0.2) is 35.1 Å². The molecule has 112 valence electrons. The van der Waals surface area contributed by atoms with Crippen LogP contribution in [0.4, 0.5) is 0 Å². The molecular formula is C15H18N2O4. The second-order valence-corrected chi connectivity index (χ2v) is 4.75. The number of methoxy groups -OCH3 is 2. The largest absolute Gasteiger partial charge is 0.496 e. The summed E-state index contributed by atoms with van der Waals surface area (Å²) in [6, 6.07) is 3.36. The molecule has 6 heteroatoms. The minimum Gasteiger partial charge on any atom is -0.496 e. The minimum atomic E-state index is -1.06. The molecule has 0 atom stereocenters. The van der Waals surface area contributed by atoms with E-state index in [-0.39, 0.29) is 5.69 Å². The van der Waals surface area contributed by atoms with E-state index in [0.29, 0.717) is 11.4 Å². The summed E-state index contributed by atoms with van der Waals surface area (Å²) >= 11 is 0. The van der Waals surface area contributed by atoms with Gasteiger partial charge < -0.3 is 14.6 Å².